The normalized spacial score (nSPS) is 26.1. The van der Waals surface area contributed by atoms with Crippen LogP contribution in [-0.2, 0) is 0 Å². The van der Waals surface area contributed by atoms with Crippen LogP contribution in [0.15, 0.2) is 18.2 Å². The third kappa shape index (κ3) is 2.47. The molecule has 4 nitrogen and oxygen atoms in total. The van der Waals surface area contributed by atoms with E-state index in [0.717, 1.165) is 25.4 Å². The Bertz CT molecular complexity index is 515. The molecular weight excluding hydrogens is 252 g/mol. The molecule has 1 aromatic carbocycles. The van der Waals surface area contributed by atoms with Gasteiger partial charge in [-0.05, 0) is 42.9 Å². The van der Waals surface area contributed by atoms with Crippen LogP contribution < -0.4 is 5.73 Å². The van der Waals surface area contributed by atoms with Crippen molar-refractivity contribution in [2.75, 3.05) is 18.8 Å². The Balaban J connectivity index is 1.72. The monoisotopic (exact) mass is 274 g/mol. The average Bonchev–Trinajstić information content (AvgIpc) is 2.49. The summed E-state index contributed by atoms with van der Waals surface area (Å²) in [6.45, 7) is 1.71. The summed E-state index contributed by atoms with van der Waals surface area (Å²) in [5.74, 6) is 1.49. The first-order chi connectivity index (χ1) is 9.65. The van der Waals surface area contributed by atoms with Crippen molar-refractivity contribution < 1.29 is 9.90 Å². The summed E-state index contributed by atoms with van der Waals surface area (Å²) in [5, 5.41) is 9.64. The molecule has 1 aliphatic carbocycles. The lowest BCUT2D eigenvalue weighted by atomic mass is 9.75. The summed E-state index contributed by atoms with van der Waals surface area (Å²) in [4.78, 5) is 14.5. The molecular formula is C16H22N2O2. The summed E-state index contributed by atoms with van der Waals surface area (Å²) in [7, 11) is 0. The molecule has 3 rings (SSSR count). The second kappa shape index (κ2) is 5.35. The highest BCUT2D eigenvalue weighted by atomic mass is 16.3. The summed E-state index contributed by atoms with van der Waals surface area (Å²) in [6, 6.07) is 4.77. The van der Waals surface area contributed by atoms with E-state index in [4.69, 9.17) is 5.73 Å². The van der Waals surface area contributed by atoms with E-state index in [1.54, 1.807) is 12.1 Å². The van der Waals surface area contributed by atoms with Crippen LogP contribution in [0.5, 0.6) is 5.75 Å². The minimum atomic E-state index is -0.0107. The molecule has 1 saturated carbocycles. The van der Waals surface area contributed by atoms with Crippen LogP contribution in [0, 0.1) is 11.8 Å². The molecule has 0 spiro atoms. The van der Waals surface area contributed by atoms with Gasteiger partial charge in [0.15, 0.2) is 0 Å². The number of benzene rings is 1. The quantitative estimate of drug-likeness (QED) is 0.611. The number of amides is 1. The van der Waals surface area contributed by atoms with Crippen LogP contribution in [0.4, 0.5) is 5.69 Å². The molecule has 1 aliphatic heterocycles. The van der Waals surface area contributed by atoms with E-state index in [2.05, 4.69) is 0 Å². The highest BCUT2D eigenvalue weighted by molar-refractivity contribution is 5.95. The van der Waals surface area contributed by atoms with E-state index < -0.39 is 0 Å². The Morgan fingerprint density at radius 1 is 1.20 bits per heavy atom. The van der Waals surface area contributed by atoms with Crippen LogP contribution in [0.3, 0.4) is 0 Å². The minimum absolute atomic E-state index is 0.0107. The lowest BCUT2D eigenvalue weighted by Crippen LogP contribution is -2.44. The predicted molar refractivity (Wildman–Crippen MR) is 78.5 cm³/mol. The lowest BCUT2D eigenvalue weighted by Gasteiger charge is -2.41. The zero-order valence-electron chi connectivity index (χ0n) is 11.7. The van der Waals surface area contributed by atoms with E-state index >= 15 is 0 Å². The number of likely N-dealkylation sites (tertiary alicyclic amines) is 1. The largest absolute Gasteiger partial charge is 0.506 e. The average molecular weight is 274 g/mol. The Labute approximate surface area is 119 Å². The molecule has 2 atom stereocenters. The van der Waals surface area contributed by atoms with Crippen molar-refractivity contribution >= 4 is 11.6 Å². The van der Waals surface area contributed by atoms with Gasteiger partial charge >= 0.3 is 0 Å². The fourth-order valence-corrected chi connectivity index (χ4v) is 3.64. The number of phenolic OH excluding ortho intramolecular Hbond substituents is 1. The molecule has 2 aliphatic rings. The van der Waals surface area contributed by atoms with Crippen molar-refractivity contribution in [3.05, 3.63) is 23.8 Å². The third-order valence-corrected chi connectivity index (χ3v) is 4.86. The van der Waals surface area contributed by atoms with E-state index in [1.807, 2.05) is 4.90 Å². The first kappa shape index (κ1) is 13.3. The molecule has 1 saturated heterocycles. The van der Waals surface area contributed by atoms with Gasteiger partial charge < -0.3 is 15.7 Å². The SMILES string of the molecule is Nc1ccc(C(=O)N2CCC3CCCCC3C2)cc1O. The van der Waals surface area contributed by atoms with Gasteiger partial charge in [0.05, 0.1) is 5.69 Å². The fourth-order valence-electron chi connectivity index (χ4n) is 3.64. The molecule has 2 fully saturated rings. The number of rotatable bonds is 1. The van der Waals surface area contributed by atoms with Gasteiger partial charge in [0.1, 0.15) is 5.75 Å². The minimum Gasteiger partial charge on any atom is -0.506 e. The van der Waals surface area contributed by atoms with Crippen LogP contribution >= 0.6 is 0 Å². The zero-order valence-corrected chi connectivity index (χ0v) is 11.7. The van der Waals surface area contributed by atoms with Crippen molar-refractivity contribution in [1.82, 2.24) is 4.90 Å². The second-order valence-electron chi connectivity index (χ2n) is 6.12. The highest BCUT2D eigenvalue weighted by Crippen LogP contribution is 2.36. The maximum Gasteiger partial charge on any atom is 0.253 e. The van der Waals surface area contributed by atoms with Crippen molar-refractivity contribution in [3.63, 3.8) is 0 Å². The number of aromatic hydroxyl groups is 1. The Hall–Kier alpha value is -1.71. The summed E-state index contributed by atoms with van der Waals surface area (Å²) in [5.41, 5.74) is 6.43. The number of fused-ring (bicyclic) bond motifs is 1. The molecule has 1 amide bonds. The number of carbonyl (C=O) groups excluding carboxylic acids is 1. The van der Waals surface area contributed by atoms with Gasteiger partial charge in [-0.15, -0.1) is 0 Å². The van der Waals surface area contributed by atoms with E-state index in [9.17, 15) is 9.90 Å². The second-order valence-corrected chi connectivity index (χ2v) is 6.12. The number of nitrogens with zero attached hydrogens (tertiary/aromatic N) is 1. The molecule has 0 radical (unpaired) electrons. The number of anilines is 1. The van der Waals surface area contributed by atoms with Crippen LogP contribution in [-0.4, -0.2) is 29.0 Å². The highest BCUT2D eigenvalue weighted by Gasteiger charge is 2.33. The first-order valence-corrected chi connectivity index (χ1v) is 7.53. The summed E-state index contributed by atoms with van der Waals surface area (Å²) in [6.07, 6.45) is 6.35. The predicted octanol–water partition coefficient (Wildman–Crippen LogP) is 2.63. The Morgan fingerprint density at radius 3 is 2.70 bits per heavy atom. The van der Waals surface area contributed by atoms with Crippen molar-refractivity contribution in [2.24, 2.45) is 11.8 Å². The molecule has 20 heavy (non-hydrogen) atoms. The molecule has 108 valence electrons. The molecule has 0 aromatic heterocycles. The number of phenols is 1. The topological polar surface area (TPSA) is 66.6 Å². The molecule has 2 unspecified atom stereocenters. The summed E-state index contributed by atoms with van der Waals surface area (Å²) < 4.78 is 0. The lowest BCUT2D eigenvalue weighted by molar-refractivity contribution is 0.0520. The number of nitrogen functional groups attached to an aromatic ring is 1. The van der Waals surface area contributed by atoms with Gasteiger partial charge in [-0.1, -0.05) is 19.3 Å². The van der Waals surface area contributed by atoms with Gasteiger partial charge in [-0.2, -0.15) is 0 Å². The maximum absolute atomic E-state index is 12.5. The van der Waals surface area contributed by atoms with Gasteiger partial charge in [-0.3, -0.25) is 4.79 Å². The van der Waals surface area contributed by atoms with Crippen molar-refractivity contribution in [2.45, 2.75) is 32.1 Å². The molecule has 0 bridgehead atoms. The maximum atomic E-state index is 12.5. The standard InChI is InChI=1S/C16H22N2O2/c17-14-6-5-12(9-15(14)19)16(20)18-8-7-11-3-1-2-4-13(11)10-18/h5-6,9,11,13,19H,1-4,7-8,10,17H2. The Kier molecular flexibility index (Phi) is 3.55. The van der Waals surface area contributed by atoms with Crippen LogP contribution in [0.1, 0.15) is 42.5 Å². The van der Waals surface area contributed by atoms with Crippen LogP contribution in [0.2, 0.25) is 0 Å². The number of nitrogens with two attached hydrogens (primary N) is 1. The van der Waals surface area contributed by atoms with Crippen molar-refractivity contribution in [1.29, 1.82) is 0 Å². The number of piperidine rings is 1. The zero-order chi connectivity index (χ0) is 14.1. The first-order valence-electron chi connectivity index (χ1n) is 7.53. The molecule has 1 aromatic rings. The van der Waals surface area contributed by atoms with E-state index in [0.29, 0.717) is 17.2 Å². The fraction of sp³-hybridized carbons (Fsp3) is 0.562. The Morgan fingerprint density at radius 2 is 1.95 bits per heavy atom. The van der Waals surface area contributed by atoms with E-state index in [-0.39, 0.29) is 11.7 Å². The number of carbonyl (C=O) groups is 1. The van der Waals surface area contributed by atoms with E-state index in [1.165, 1.54) is 31.7 Å². The van der Waals surface area contributed by atoms with Gasteiger partial charge in [0, 0.05) is 18.7 Å². The van der Waals surface area contributed by atoms with Gasteiger partial charge in [-0.25, -0.2) is 0 Å². The van der Waals surface area contributed by atoms with Crippen molar-refractivity contribution in [3.8, 4) is 5.75 Å². The molecule has 1 heterocycles. The molecule has 4 heteroatoms. The number of hydrogen-bond acceptors (Lipinski definition) is 3. The smallest absolute Gasteiger partial charge is 0.253 e. The van der Waals surface area contributed by atoms with Crippen LogP contribution in [0.25, 0.3) is 0 Å². The van der Waals surface area contributed by atoms with Gasteiger partial charge in [0.25, 0.3) is 5.91 Å². The third-order valence-electron chi connectivity index (χ3n) is 4.86. The number of hydrogen-bond donors (Lipinski definition) is 2. The van der Waals surface area contributed by atoms with Gasteiger partial charge in [0.2, 0.25) is 0 Å². The molecule has 3 N–H and O–H groups in total. The summed E-state index contributed by atoms with van der Waals surface area (Å²) >= 11 is 0.